The molecule has 1 aromatic rings. The van der Waals surface area contributed by atoms with Gasteiger partial charge < -0.3 is 9.80 Å². The van der Waals surface area contributed by atoms with Crippen molar-refractivity contribution in [2.24, 2.45) is 0 Å². The Labute approximate surface area is 121 Å². The zero-order valence-electron chi connectivity index (χ0n) is 11.2. The Morgan fingerprint density at radius 3 is 2.47 bits per heavy atom. The van der Waals surface area contributed by atoms with Gasteiger partial charge in [-0.3, -0.25) is 10.1 Å². The van der Waals surface area contributed by atoms with E-state index < -0.39 is 0 Å². The summed E-state index contributed by atoms with van der Waals surface area (Å²) in [6, 6.07) is 5.61. The van der Waals surface area contributed by atoms with Crippen LogP contribution in [0.3, 0.4) is 0 Å². The minimum absolute atomic E-state index is 0.124. The molecular weight excluding hydrogens is 310 g/mol. The third-order valence-electron chi connectivity index (χ3n) is 3.68. The molecule has 0 saturated carbocycles. The van der Waals surface area contributed by atoms with Crippen LogP contribution in [0.25, 0.3) is 0 Å². The van der Waals surface area contributed by atoms with Crippen molar-refractivity contribution < 1.29 is 4.92 Å². The van der Waals surface area contributed by atoms with Crippen LogP contribution in [0.15, 0.2) is 22.7 Å². The second-order valence-corrected chi connectivity index (χ2v) is 5.93. The molecule has 1 fully saturated rings. The lowest BCUT2D eigenvalue weighted by Crippen LogP contribution is -2.42. The number of hydrogen-bond acceptors (Lipinski definition) is 4. The van der Waals surface area contributed by atoms with E-state index in [4.69, 9.17) is 0 Å². The summed E-state index contributed by atoms with van der Waals surface area (Å²) < 4.78 is 0.796. The van der Waals surface area contributed by atoms with Crippen LogP contribution in [0.5, 0.6) is 0 Å². The molecule has 0 unspecified atom stereocenters. The van der Waals surface area contributed by atoms with E-state index in [1.165, 1.54) is 0 Å². The van der Waals surface area contributed by atoms with Crippen molar-refractivity contribution in [2.45, 2.75) is 18.9 Å². The summed E-state index contributed by atoms with van der Waals surface area (Å²) in [6.07, 6.45) is 2.24. The Morgan fingerprint density at radius 1 is 1.37 bits per heavy atom. The zero-order chi connectivity index (χ0) is 14.0. The molecule has 0 bridgehead atoms. The van der Waals surface area contributed by atoms with Gasteiger partial charge in [-0.2, -0.15) is 0 Å². The first-order valence-electron chi connectivity index (χ1n) is 6.34. The molecule has 2 rings (SSSR count). The summed E-state index contributed by atoms with van der Waals surface area (Å²) in [5.74, 6) is 0. The molecule has 0 spiro atoms. The fourth-order valence-electron chi connectivity index (χ4n) is 2.49. The average molecular weight is 328 g/mol. The van der Waals surface area contributed by atoms with E-state index >= 15 is 0 Å². The number of piperidine rings is 1. The molecule has 104 valence electrons. The summed E-state index contributed by atoms with van der Waals surface area (Å²) in [5.41, 5.74) is 1.17. The highest BCUT2D eigenvalue weighted by Crippen LogP contribution is 2.32. The second-order valence-electron chi connectivity index (χ2n) is 5.07. The molecule has 1 heterocycles. The molecule has 5 nitrogen and oxygen atoms in total. The van der Waals surface area contributed by atoms with Crippen molar-refractivity contribution in [3.63, 3.8) is 0 Å². The van der Waals surface area contributed by atoms with E-state index in [2.05, 4.69) is 39.8 Å². The highest BCUT2D eigenvalue weighted by atomic mass is 79.9. The van der Waals surface area contributed by atoms with Crippen molar-refractivity contribution in [1.29, 1.82) is 0 Å². The molecule has 1 saturated heterocycles. The van der Waals surface area contributed by atoms with Gasteiger partial charge in [0.2, 0.25) is 0 Å². The highest BCUT2D eigenvalue weighted by molar-refractivity contribution is 9.10. The smallest absolute Gasteiger partial charge is 0.270 e. The van der Waals surface area contributed by atoms with E-state index in [0.29, 0.717) is 6.04 Å². The molecule has 1 aliphatic rings. The Morgan fingerprint density at radius 2 is 2.00 bits per heavy atom. The Bertz CT molecular complexity index is 471. The normalized spacial score (nSPS) is 16.9. The third kappa shape index (κ3) is 3.25. The van der Waals surface area contributed by atoms with Gasteiger partial charge in [0.1, 0.15) is 0 Å². The first kappa shape index (κ1) is 14.3. The standard InChI is InChI=1S/C13H18BrN3O2/c1-15(2)10-5-7-16(8-6-10)13-4-3-11(17(18)19)9-12(13)14/h3-4,9-10H,5-8H2,1-2H3. The van der Waals surface area contributed by atoms with Crippen molar-refractivity contribution in [2.75, 3.05) is 32.1 Å². The van der Waals surface area contributed by atoms with Gasteiger partial charge in [0.25, 0.3) is 5.69 Å². The number of nitro benzene ring substituents is 1. The number of nitro groups is 1. The number of halogens is 1. The van der Waals surface area contributed by atoms with Crippen molar-refractivity contribution in [3.8, 4) is 0 Å². The fraction of sp³-hybridized carbons (Fsp3) is 0.538. The van der Waals surface area contributed by atoms with Crippen LogP contribution in [0.2, 0.25) is 0 Å². The van der Waals surface area contributed by atoms with E-state index in [0.717, 1.165) is 36.1 Å². The van der Waals surface area contributed by atoms with Crippen LogP contribution in [-0.2, 0) is 0 Å². The molecule has 0 atom stereocenters. The highest BCUT2D eigenvalue weighted by Gasteiger charge is 2.22. The van der Waals surface area contributed by atoms with Gasteiger partial charge in [-0.25, -0.2) is 0 Å². The minimum Gasteiger partial charge on any atom is -0.370 e. The molecule has 0 aromatic heterocycles. The number of nitrogens with zero attached hydrogens (tertiary/aromatic N) is 3. The SMILES string of the molecule is CN(C)C1CCN(c2ccc([N+](=O)[O-])cc2Br)CC1. The molecule has 0 N–H and O–H groups in total. The molecule has 6 heteroatoms. The van der Waals surface area contributed by atoms with Gasteiger partial charge in [-0.1, -0.05) is 0 Å². The van der Waals surface area contributed by atoms with Crippen LogP contribution in [0.4, 0.5) is 11.4 Å². The summed E-state index contributed by atoms with van der Waals surface area (Å²) in [7, 11) is 4.23. The van der Waals surface area contributed by atoms with E-state index in [1.54, 1.807) is 12.1 Å². The predicted octanol–water partition coefficient (Wildman–Crippen LogP) is 2.89. The van der Waals surface area contributed by atoms with Gasteiger partial charge in [0.15, 0.2) is 0 Å². The molecular formula is C13H18BrN3O2. The molecule has 0 amide bonds. The van der Waals surface area contributed by atoms with Crippen LogP contribution < -0.4 is 4.90 Å². The maximum Gasteiger partial charge on any atom is 0.270 e. The average Bonchev–Trinajstić information content (AvgIpc) is 2.38. The lowest BCUT2D eigenvalue weighted by atomic mass is 10.0. The summed E-state index contributed by atoms with van der Waals surface area (Å²) >= 11 is 3.44. The van der Waals surface area contributed by atoms with Crippen LogP contribution in [-0.4, -0.2) is 43.0 Å². The number of benzene rings is 1. The number of non-ortho nitro benzene ring substituents is 1. The zero-order valence-corrected chi connectivity index (χ0v) is 12.8. The number of rotatable bonds is 3. The fourth-order valence-corrected chi connectivity index (χ4v) is 3.11. The summed E-state index contributed by atoms with van der Waals surface area (Å²) in [5, 5.41) is 10.7. The molecule has 19 heavy (non-hydrogen) atoms. The first-order valence-corrected chi connectivity index (χ1v) is 7.13. The van der Waals surface area contributed by atoms with Gasteiger partial charge in [0.05, 0.1) is 10.6 Å². The van der Waals surface area contributed by atoms with Crippen LogP contribution >= 0.6 is 15.9 Å². The molecule has 1 aliphatic heterocycles. The first-order chi connectivity index (χ1) is 8.99. The Kier molecular flexibility index (Phi) is 4.42. The van der Waals surface area contributed by atoms with Crippen LogP contribution in [0, 0.1) is 10.1 Å². The Hall–Kier alpha value is -1.14. The maximum absolute atomic E-state index is 10.7. The lowest BCUT2D eigenvalue weighted by Gasteiger charge is -2.36. The quantitative estimate of drug-likeness (QED) is 0.632. The molecule has 0 radical (unpaired) electrons. The van der Waals surface area contributed by atoms with E-state index in [-0.39, 0.29) is 10.6 Å². The van der Waals surface area contributed by atoms with Gasteiger partial charge in [0, 0.05) is 35.7 Å². The summed E-state index contributed by atoms with van der Waals surface area (Å²) in [4.78, 5) is 14.9. The van der Waals surface area contributed by atoms with Crippen LogP contribution in [0.1, 0.15) is 12.8 Å². The van der Waals surface area contributed by atoms with Gasteiger partial charge in [-0.15, -0.1) is 0 Å². The van der Waals surface area contributed by atoms with Gasteiger partial charge >= 0.3 is 0 Å². The minimum atomic E-state index is -0.368. The largest absolute Gasteiger partial charge is 0.370 e. The second kappa shape index (κ2) is 5.88. The van der Waals surface area contributed by atoms with Crippen molar-refractivity contribution in [1.82, 2.24) is 4.90 Å². The maximum atomic E-state index is 10.7. The van der Waals surface area contributed by atoms with Crippen molar-refractivity contribution >= 4 is 27.3 Å². The van der Waals surface area contributed by atoms with E-state index in [1.807, 2.05) is 6.07 Å². The summed E-state index contributed by atoms with van der Waals surface area (Å²) in [6.45, 7) is 1.97. The molecule has 1 aromatic carbocycles. The van der Waals surface area contributed by atoms with Crippen molar-refractivity contribution in [3.05, 3.63) is 32.8 Å². The van der Waals surface area contributed by atoms with Gasteiger partial charge in [-0.05, 0) is 48.9 Å². The predicted molar refractivity (Wildman–Crippen MR) is 79.7 cm³/mol. The lowest BCUT2D eigenvalue weighted by molar-refractivity contribution is -0.384. The topological polar surface area (TPSA) is 49.6 Å². The Balaban J connectivity index is 2.09. The number of anilines is 1. The third-order valence-corrected chi connectivity index (χ3v) is 4.31. The van der Waals surface area contributed by atoms with E-state index in [9.17, 15) is 10.1 Å². The number of hydrogen-bond donors (Lipinski definition) is 0. The molecule has 0 aliphatic carbocycles. The monoisotopic (exact) mass is 327 g/mol.